The molecule has 4 unspecified atom stereocenters. The molecule has 27 heavy (non-hydrogen) atoms. The number of fused-ring (bicyclic) bond motifs is 1. The summed E-state index contributed by atoms with van der Waals surface area (Å²) >= 11 is 6.35. The number of anilines is 1. The predicted octanol–water partition coefficient (Wildman–Crippen LogP) is 3.15. The van der Waals surface area contributed by atoms with Crippen molar-refractivity contribution in [2.75, 3.05) is 5.32 Å². The van der Waals surface area contributed by atoms with Gasteiger partial charge < -0.3 is 15.2 Å². The summed E-state index contributed by atoms with van der Waals surface area (Å²) in [5.41, 5.74) is 1.57. The molecule has 8 heteroatoms. The van der Waals surface area contributed by atoms with Crippen LogP contribution in [0.4, 0.5) is 5.95 Å². The topological polar surface area (TPSA) is 92.9 Å². The van der Waals surface area contributed by atoms with E-state index in [9.17, 15) is 4.79 Å². The zero-order valence-electron chi connectivity index (χ0n) is 15.5. The standard InChI is InChI=1S/C19H24ClN5O2/c1-10(14-8-12-7-13(20)3-4-16(12)24-18(14)26)23-19-21-6-5-17(25-19)15-9-22-27-11(15)2/h5-6,9-10,12-14,16H,3-4,7-8H2,1-2H3,(H,24,26)(H,21,23,25)/t10-,12?,13?,14?,16?/m0/s1. The molecule has 2 aliphatic rings. The molecule has 3 heterocycles. The number of aromatic nitrogens is 3. The number of aryl methyl sites for hydroxylation is 1. The molecule has 0 spiro atoms. The van der Waals surface area contributed by atoms with Crippen molar-refractivity contribution in [3.05, 3.63) is 24.2 Å². The van der Waals surface area contributed by atoms with Gasteiger partial charge in [0.05, 0.1) is 23.4 Å². The maximum atomic E-state index is 12.6. The Hall–Kier alpha value is -2.15. The van der Waals surface area contributed by atoms with Crippen molar-refractivity contribution in [2.24, 2.45) is 11.8 Å². The van der Waals surface area contributed by atoms with Crippen LogP contribution in [-0.4, -0.2) is 38.5 Å². The summed E-state index contributed by atoms with van der Waals surface area (Å²) in [5.74, 6) is 1.63. The molecule has 1 amide bonds. The molecule has 7 nitrogen and oxygen atoms in total. The second-order valence-corrected chi connectivity index (χ2v) is 8.24. The van der Waals surface area contributed by atoms with Gasteiger partial charge in [-0.05, 0) is 51.5 Å². The third-order valence-corrected chi connectivity index (χ3v) is 6.18. The van der Waals surface area contributed by atoms with E-state index in [0.717, 1.165) is 36.9 Å². The van der Waals surface area contributed by atoms with E-state index in [1.807, 2.05) is 19.9 Å². The smallest absolute Gasteiger partial charge is 0.225 e. The van der Waals surface area contributed by atoms with Crippen LogP contribution in [0.15, 0.2) is 23.0 Å². The second-order valence-electron chi connectivity index (χ2n) is 7.62. The van der Waals surface area contributed by atoms with E-state index in [2.05, 4.69) is 25.8 Å². The summed E-state index contributed by atoms with van der Waals surface area (Å²) in [5, 5.41) is 10.5. The Morgan fingerprint density at radius 2 is 2.22 bits per heavy atom. The zero-order valence-corrected chi connectivity index (χ0v) is 16.2. The Morgan fingerprint density at radius 1 is 1.37 bits per heavy atom. The molecule has 5 atom stereocenters. The number of hydrogen-bond acceptors (Lipinski definition) is 6. The summed E-state index contributed by atoms with van der Waals surface area (Å²) in [6.07, 6.45) is 7.10. The largest absolute Gasteiger partial charge is 0.361 e. The van der Waals surface area contributed by atoms with Crippen molar-refractivity contribution in [1.82, 2.24) is 20.4 Å². The first-order chi connectivity index (χ1) is 13.0. The lowest BCUT2D eigenvalue weighted by atomic mass is 9.74. The molecule has 1 aliphatic heterocycles. The second kappa shape index (κ2) is 7.46. The van der Waals surface area contributed by atoms with Gasteiger partial charge in [-0.25, -0.2) is 9.97 Å². The highest BCUT2D eigenvalue weighted by Crippen LogP contribution is 2.36. The lowest BCUT2D eigenvalue weighted by Gasteiger charge is -2.42. The molecular formula is C19H24ClN5O2. The van der Waals surface area contributed by atoms with Gasteiger partial charge >= 0.3 is 0 Å². The van der Waals surface area contributed by atoms with Crippen LogP contribution >= 0.6 is 11.6 Å². The van der Waals surface area contributed by atoms with Crippen molar-refractivity contribution < 1.29 is 9.32 Å². The molecule has 2 fully saturated rings. The maximum Gasteiger partial charge on any atom is 0.225 e. The summed E-state index contributed by atoms with van der Waals surface area (Å²) in [4.78, 5) is 21.5. The van der Waals surface area contributed by atoms with Crippen LogP contribution in [-0.2, 0) is 4.79 Å². The molecule has 0 aromatic carbocycles. The molecule has 0 radical (unpaired) electrons. The quantitative estimate of drug-likeness (QED) is 0.780. The highest BCUT2D eigenvalue weighted by molar-refractivity contribution is 6.20. The molecule has 144 valence electrons. The summed E-state index contributed by atoms with van der Waals surface area (Å²) in [6.45, 7) is 3.85. The maximum absolute atomic E-state index is 12.6. The lowest BCUT2D eigenvalue weighted by molar-refractivity contribution is -0.130. The van der Waals surface area contributed by atoms with Crippen LogP contribution in [0.25, 0.3) is 11.3 Å². The summed E-state index contributed by atoms with van der Waals surface area (Å²) in [7, 11) is 0. The first kappa shape index (κ1) is 18.2. The predicted molar refractivity (Wildman–Crippen MR) is 102 cm³/mol. The summed E-state index contributed by atoms with van der Waals surface area (Å²) < 4.78 is 5.11. The van der Waals surface area contributed by atoms with E-state index >= 15 is 0 Å². The van der Waals surface area contributed by atoms with Gasteiger partial charge in [0, 0.05) is 23.7 Å². The zero-order chi connectivity index (χ0) is 19.0. The van der Waals surface area contributed by atoms with Crippen LogP contribution in [0.3, 0.4) is 0 Å². The number of rotatable bonds is 4. The van der Waals surface area contributed by atoms with Crippen LogP contribution in [0, 0.1) is 18.8 Å². The molecule has 2 aromatic heterocycles. The number of amides is 1. The number of carbonyl (C=O) groups excluding carboxylic acids is 1. The fourth-order valence-corrected chi connectivity index (χ4v) is 4.59. The van der Waals surface area contributed by atoms with E-state index < -0.39 is 0 Å². The van der Waals surface area contributed by atoms with Gasteiger partial charge in [0.2, 0.25) is 11.9 Å². The Labute approximate surface area is 163 Å². The Kier molecular flexibility index (Phi) is 5.04. The fraction of sp³-hybridized carbons (Fsp3) is 0.579. The third kappa shape index (κ3) is 3.78. The van der Waals surface area contributed by atoms with E-state index in [1.165, 1.54) is 0 Å². The van der Waals surface area contributed by atoms with Crippen molar-refractivity contribution in [3.8, 4) is 11.3 Å². The molecule has 2 aromatic rings. The molecule has 4 rings (SSSR count). The number of piperidine rings is 1. The van der Waals surface area contributed by atoms with Gasteiger partial charge in [0.25, 0.3) is 0 Å². The average molecular weight is 390 g/mol. The highest BCUT2D eigenvalue weighted by Gasteiger charge is 2.41. The van der Waals surface area contributed by atoms with Gasteiger partial charge in [0.15, 0.2) is 0 Å². The van der Waals surface area contributed by atoms with E-state index in [4.69, 9.17) is 16.1 Å². The van der Waals surface area contributed by atoms with E-state index in [0.29, 0.717) is 17.6 Å². The molecule has 0 bridgehead atoms. The van der Waals surface area contributed by atoms with Gasteiger partial charge in [-0.1, -0.05) is 5.16 Å². The molecule has 2 N–H and O–H groups in total. The third-order valence-electron chi connectivity index (χ3n) is 5.78. The first-order valence-electron chi connectivity index (χ1n) is 9.47. The van der Waals surface area contributed by atoms with Crippen LogP contribution in [0.2, 0.25) is 0 Å². The van der Waals surface area contributed by atoms with E-state index in [1.54, 1.807) is 12.4 Å². The summed E-state index contributed by atoms with van der Waals surface area (Å²) in [6, 6.07) is 2.00. The molecule has 1 aliphatic carbocycles. The van der Waals surface area contributed by atoms with Gasteiger partial charge in [-0.3, -0.25) is 4.79 Å². The minimum absolute atomic E-state index is 0.0829. The number of halogens is 1. The number of nitrogens with one attached hydrogen (secondary N) is 2. The minimum Gasteiger partial charge on any atom is -0.361 e. The van der Waals surface area contributed by atoms with Crippen LogP contribution in [0.5, 0.6) is 0 Å². The first-order valence-corrected chi connectivity index (χ1v) is 9.90. The lowest BCUT2D eigenvalue weighted by Crippen LogP contribution is -2.55. The van der Waals surface area contributed by atoms with Crippen molar-refractivity contribution >= 4 is 23.5 Å². The normalized spacial score (nSPS) is 28.9. The average Bonchev–Trinajstić information content (AvgIpc) is 3.07. The minimum atomic E-state index is -0.127. The number of alkyl halides is 1. The van der Waals surface area contributed by atoms with Crippen molar-refractivity contribution in [1.29, 1.82) is 0 Å². The van der Waals surface area contributed by atoms with Crippen LogP contribution in [0.1, 0.15) is 38.4 Å². The Balaban J connectivity index is 1.46. The number of nitrogens with zero attached hydrogens (tertiary/aromatic N) is 3. The van der Waals surface area contributed by atoms with Gasteiger partial charge in [-0.15, -0.1) is 11.6 Å². The molecule has 1 saturated carbocycles. The fourth-order valence-electron chi connectivity index (χ4n) is 4.24. The van der Waals surface area contributed by atoms with E-state index in [-0.39, 0.29) is 29.3 Å². The number of hydrogen-bond donors (Lipinski definition) is 2. The molecule has 1 saturated heterocycles. The van der Waals surface area contributed by atoms with Gasteiger partial charge in [0.1, 0.15) is 5.76 Å². The Morgan fingerprint density at radius 3 is 3.00 bits per heavy atom. The molecular weight excluding hydrogens is 366 g/mol. The van der Waals surface area contributed by atoms with Crippen LogP contribution < -0.4 is 10.6 Å². The van der Waals surface area contributed by atoms with Crippen molar-refractivity contribution in [2.45, 2.75) is 57.0 Å². The van der Waals surface area contributed by atoms with Crippen molar-refractivity contribution in [3.63, 3.8) is 0 Å². The highest BCUT2D eigenvalue weighted by atomic mass is 35.5. The number of carbonyl (C=O) groups is 1. The van der Waals surface area contributed by atoms with Gasteiger partial charge in [-0.2, -0.15) is 0 Å². The monoisotopic (exact) mass is 389 g/mol. The SMILES string of the molecule is Cc1oncc1-c1ccnc(N[C@@H](C)C2CC3CC(Cl)CCC3NC2=O)n1. The Bertz CT molecular complexity index is 826.